The summed E-state index contributed by atoms with van der Waals surface area (Å²) in [5, 5.41) is 12.0. The van der Waals surface area contributed by atoms with Crippen molar-refractivity contribution in [1.29, 1.82) is 0 Å². The normalized spacial score (nSPS) is 12.5. The first kappa shape index (κ1) is 16.1. The molecule has 1 aromatic carbocycles. The van der Waals surface area contributed by atoms with Gasteiger partial charge in [0.25, 0.3) is 0 Å². The minimum absolute atomic E-state index is 0.0282. The van der Waals surface area contributed by atoms with E-state index in [-0.39, 0.29) is 18.6 Å². The largest absolute Gasteiger partial charge is 0.396 e. The SMILES string of the molecule is Cc1ccccc1SCC(=O)NC(CCO)C(C)C. The van der Waals surface area contributed by atoms with Crippen LogP contribution >= 0.6 is 11.8 Å². The maximum Gasteiger partial charge on any atom is 0.230 e. The Hall–Kier alpha value is -1.00. The van der Waals surface area contributed by atoms with Gasteiger partial charge in [0.2, 0.25) is 5.91 Å². The monoisotopic (exact) mass is 281 g/mol. The number of hydrogen-bond acceptors (Lipinski definition) is 3. The van der Waals surface area contributed by atoms with Gasteiger partial charge in [-0.25, -0.2) is 0 Å². The summed E-state index contributed by atoms with van der Waals surface area (Å²) >= 11 is 1.55. The number of aliphatic hydroxyl groups is 1. The highest BCUT2D eigenvalue weighted by molar-refractivity contribution is 8.00. The number of aliphatic hydroxyl groups excluding tert-OH is 1. The van der Waals surface area contributed by atoms with Crippen molar-refractivity contribution in [3.63, 3.8) is 0 Å². The molecule has 3 nitrogen and oxygen atoms in total. The average Bonchev–Trinajstić information content (AvgIpc) is 2.37. The van der Waals surface area contributed by atoms with Crippen molar-refractivity contribution in [2.24, 2.45) is 5.92 Å². The first-order chi connectivity index (χ1) is 9.04. The average molecular weight is 281 g/mol. The summed E-state index contributed by atoms with van der Waals surface area (Å²) in [4.78, 5) is 13.0. The number of nitrogens with one attached hydrogen (secondary N) is 1. The number of hydrogen-bond donors (Lipinski definition) is 2. The van der Waals surface area contributed by atoms with Crippen molar-refractivity contribution in [2.45, 2.75) is 38.1 Å². The molecule has 1 aromatic rings. The van der Waals surface area contributed by atoms with Crippen molar-refractivity contribution in [3.8, 4) is 0 Å². The Balaban J connectivity index is 2.45. The second kappa shape index (κ2) is 8.23. The van der Waals surface area contributed by atoms with Gasteiger partial charge in [-0.2, -0.15) is 0 Å². The first-order valence-electron chi connectivity index (χ1n) is 6.63. The summed E-state index contributed by atoms with van der Waals surface area (Å²) in [6, 6.07) is 8.10. The summed E-state index contributed by atoms with van der Waals surface area (Å²) in [6.45, 7) is 6.25. The van der Waals surface area contributed by atoms with Crippen LogP contribution in [-0.4, -0.2) is 29.4 Å². The van der Waals surface area contributed by atoms with E-state index in [0.29, 0.717) is 18.1 Å². The van der Waals surface area contributed by atoms with E-state index < -0.39 is 0 Å². The number of rotatable bonds is 7. The number of amides is 1. The summed E-state index contributed by atoms with van der Waals surface area (Å²) < 4.78 is 0. The van der Waals surface area contributed by atoms with Crippen molar-refractivity contribution in [3.05, 3.63) is 29.8 Å². The van der Waals surface area contributed by atoms with Crippen molar-refractivity contribution in [1.82, 2.24) is 5.32 Å². The van der Waals surface area contributed by atoms with Crippen LogP contribution in [0.25, 0.3) is 0 Å². The minimum atomic E-state index is 0.0282. The van der Waals surface area contributed by atoms with Gasteiger partial charge in [0.05, 0.1) is 5.75 Å². The molecule has 1 unspecified atom stereocenters. The predicted molar refractivity (Wildman–Crippen MR) is 80.4 cm³/mol. The molecule has 0 bridgehead atoms. The molecule has 19 heavy (non-hydrogen) atoms. The fourth-order valence-electron chi connectivity index (χ4n) is 1.82. The van der Waals surface area contributed by atoms with Crippen LogP contribution in [0.15, 0.2) is 29.2 Å². The maximum atomic E-state index is 11.9. The van der Waals surface area contributed by atoms with Crippen LogP contribution in [0.2, 0.25) is 0 Å². The third-order valence-electron chi connectivity index (χ3n) is 3.04. The smallest absolute Gasteiger partial charge is 0.230 e. The summed E-state index contributed by atoms with van der Waals surface area (Å²) in [7, 11) is 0. The molecule has 0 heterocycles. The molecule has 0 aliphatic heterocycles. The second-order valence-corrected chi connectivity index (χ2v) is 6.00. The third kappa shape index (κ3) is 5.66. The van der Waals surface area contributed by atoms with E-state index in [4.69, 9.17) is 5.11 Å². The van der Waals surface area contributed by atoms with E-state index in [9.17, 15) is 4.79 Å². The van der Waals surface area contributed by atoms with Crippen molar-refractivity contribution in [2.75, 3.05) is 12.4 Å². The number of thioether (sulfide) groups is 1. The molecule has 0 spiro atoms. The quantitative estimate of drug-likeness (QED) is 0.755. The van der Waals surface area contributed by atoms with Crippen LogP contribution in [0, 0.1) is 12.8 Å². The Bertz CT molecular complexity index is 407. The molecule has 0 saturated heterocycles. The summed E-state index contributed by atoms with van der Waals surface area (Å²) in [5.41, 5.74) is 1.19. The Morgan fingerprint density at radius 3 is 2.63 bits per heavy atom. The summed E-state index contributed by atoms with van der Waals surface area (Å²) in [6.07, 6.45) is 0.610. The van der Waals surface area contributed by atoms with E-state index >= 15 is 0 Å². The van der Waals surface area contributed by atoms with Crippen LogP contribution in [0.4, 0.5) is 0 Å². The highest BCUT2D eigenvalue weighted by atomic mass is 32.2. The van der Waals surface area contributed by atoms with Crippen molar-refractivity contribution >= 4 is 17.7 Å². The number of aryl methyl sites for hydroxylation is 1. The molecule has 0 aromatic heterocycles. The zero-order valence-electron chi connectivity index (χ0n) is 11.8. The van der Waals surface area contributed by atoms with E-state index in [1.54, 1.807) is 11.8 Å². The van der Waals surface area contributed by atoms with E-state index in [0.717, 1.165) is 4.90 Å². The molecule has 0 fully saturated rings. The summed E-state index contributed by atoms with van der Waals surface area (Å²) in [5.74, 6) is 0.777. The number of benzene rings is 1. The Labute approximate surface area is 119 Å². The molecule has 1 atom stereocenters. The molecule has 2 N–H and O–H groups in total. The van der Waals surface area contributed by atoms with Gasteiger partial charge in [0, 0.05) is 17.5 Å². The Kier molecular flexibility index (Phi) is 6.95. The molecule has 0 aliphatic rings. The molecule has 4 heteroatoms. The fourth-order valence-corrected chi connectivity index (χ4v) is 2.66. The topological polar surface area (TPSA) is 49.3 Å². The van der Waals surface area contributed by atoms with E-state index in [1.165, 1.54) is 5.56 Å². The van der Waals surface area contributed by atoms with Crippen LogP contribution in [-0.2, 0) is 4.79 Å². The van der Waals surface area contributed by atoms with Crippen LogP contribution < -0.4 is 5.32 Å². The maximum absolute atomic E-state index is 11.9. The molecule has 0 aliphatic carbocycles. The van der Waals surface area contributed by atoms with Crippen LogP contribution in [0.3, 0.4) is 0 Å². The fraction of sp³-hybridized carbons (Fsp3) is 0.533. The minimum Gasteiger partial charge on any atom is -0.396 e. The lowest BCUT2D eigenvalue weighted by atomic mass is 10.0. The lowest BCUT2D eigenvalue weighted by Gasteiger charge is -2.21. The lowest BCUT2D eigenvalue weighted by Crippen LogP contribution is -2.40. The van der Waals surface area contributed by atoms with Crippen LogP contribution in [0.1, 0.15) is 25.8 Å². The van der Waals surface area contributed by atoms with Gasteiger partial charge in [-0.05, 0) is 30.9 Å². The molecule has 1 amide bonds. The standard InChI is InChI=1S/C15H23NO2S/c1-11(2)13(8-9-17)16-15(18)10-19-14-7-5-4-6-12(14)3/h4-7,11,13,17H,8-10H2,1-3H3,(H,16,18). The molecule has 0 saturated carbocycles. The Morgan fingerprint density at radius 1 is 1.37 bits per heavy atom. The molecular weight excluding hydrogens is 258 g/mol. The van der Waals surface area contributed by atoms with Crippen LogP contribution in [0.5, 0.6) is 0 Å². The van der Waals surface area contributed by atoms with E-state index in [2.05, 4.69) is 19.2 Å². The Morgan fingerprint density at radius 2 is 2.05 bits per heavy atom. The number of carbonyl (C=O) groups excluding carboxylic acids is 1. The van der Waals surface area contributed by atoms with Gasteiger partial charge < -0.3 is 10.4 Å². The van der Waals surface area contributed by atoms with Crippen molar-refractivity contribution < 1.29 is 9.90 Å². The molecule has 0 radical (unpaired) electrons. The van der Waals surface area contributed by atoms with E-state index in [1.807, 2.05) is 31.2 Å². The predicted octanol–water partition coefficient (Wildman–Crippen LogP) is 2.61. The number of carbonyl (C=O) groups is 1. The molecule has 1 rings (SSSR count). The highest BCUT2D eigenvalue weighted by Gasteiger charge is 2.15. The highest BCUT2D eigenvalue weighted by Crippen LogP contribution is 2.21. The van der Waals surface area contributed by atoms with Gasteiger partial charge in [-0.3, -0.25) is 4.79 Å². The zero-order valence-corrected chi connectivity index (χ0v) is 12.7. The molecular formula is C15H23NO2S. The van der Waals surface area contributed by atoms with Gasteiger partial charge in [-0.15, -0.1) is 11.8 Å². The van der Waals surface area contributed by atoms with Gasteiger partial charge in [-0.1, -0.05) is 32.0 Å². The lowest BCUT2D eigenvalue weighted by molar-refractivity contribution is -0.119. The van der Waals surface area contributed by atoms with Gasteiger partial charge in [0.1, 0.15) is 0 Å². The second-order valence-electron chi connectivity index (χ2n) is 4.98. The molecule has 106 valence electrons. The van der Waals surface area contributed by atoms with Gasteiger partial charge in [0.15, 0.2) is 0 Å². The zero-order chi connectivity index (χ0) is 14.3. The van der Waals surface area contributed by atoms with Gasteiger partial charge >= 0.3 is 0 Å². The first-order valence-corrected chi connectivity index (χ1v) is 7.61. The third-order valence-corrected chi connectivity index (χ3v) is 4.22.